The monoisotopic (exact) mass is 200 g/mol. The molecule has 1 saturated heterocycles. The highest BCUT2D eigenvalue weighted by molar-refractivity contribution is 4.73. The van der Waals surface area contributed by atoms with Crippen LogP contribution in [0.5, 0.6) is 0 Å². The molecule has 0 amide bonds. The van der Waals surface area contributed by atoms with Crippen LogP contribution in [0.4, 0.5) is 0 Å². The Morgan fingerprint density at radius 3 is 2.79 bits per heavy atom. The molecule has 1 heterocycles. The summed E-state index contributed by atoms with van der Waals surface area (Å²) in [6.45, 7) is 5.59. The molecule has 0 aliphatic carbocycles. The van der Waals surface area contributed by atoms with Crippen LogP contribution in [0.1, 0.15) is 52.4 Å². The van der Waals surface area contributed by atoms with Crippen LogP contribution in [0.3, 0.4) is 0 Å². The lowest BCUT2D eigenvalue weighted by Crippen LogP contribution is -2.20. The molecular weight excluding hydrogens is 176 g/mol. The first-order valence-corrected chi connectivity index (χ1v) is 5.92. The summed E-state index contributed by atoms with van der Waals surface area (Å²) >= 11 is 0. The molecule has 0 spiro atoms. The highest BCUT2D eigenvalue weighted by atomic mass is 16.5. The van der Waals surface area contributed by atoms with E-state index >= 15 is 0 Å². The minimum atomic E-state index is 0.138. The molecular formula is C12H24O2. The van der Waals surface area contributed by atoms with Gasteiger partial charge in [0.2, 0.25) is 0 Å². The minimum absolute atomic E-state index is 0.138. The topological polar surface area (TPSA) is 29.5 Å². The van der Waals surface area contributed by atoms with Gasteiger partial charge in [0, 0.05) is 13.2 Å². The lowest BCUT2D eigenvalue weighted by molar-refractivity contribution is 0.0876. The number of ether oxygens (including phenoxy) is 1. The number of rotatable bonds is 6. The zero-order chi connectivity index (χ0) is 10.4. The zero-order valence-corrected chi connectivity index (χ0v) is 9.59. The molecule has 14 heavy (non-hydrogen) atoms. The molecule has 0 saturated carbocycles. The van der Waals surface area contributed by atoms with Gasteiger partial charge in [-0.25, -0.2) is 0 Å². The van der Waals surface area contributed by atoms with Crippen molar-refractivity contribution in [2.24, 2.45) is 5.41 Å². The predicted molar refractivity (Wildman–Crippen MR) is 58.3 cm³/mol. The Kier molecular flexibility index (Phi) is 4.90. The van der Waals surface area contributed by atoms with Crippen LogP contribution in [0.25, 0.3) is 0 Å². The second kappa shape index (κ2) is 5.72. The quantitative estimate of drug-likeness (QED) is 0.714. The fourth-order valence-corrected chi connectivity index (χ4v) is 2.00. The van der Waals surface area contributed by atoms with Crippen molar-refractivity contribution in [1.29, 1.82) is 0 Å². The molecule has 0 aromatic carbocycles. The van der Waals surface area contributed by atoms with E-state index in [1.54, 1.807) is 0 Å². The van der Waals surface area contributed by atoms with Gasteiger partial charge in [0.1, 0.15) is 0 Å². The van der Waals surface area contributed by atoms with Crippen LogP contribution in [-0.4, -0.2) is 24.4 Å². The number of hydrogen-bond acceptors (Lipinski definition) is 2. The second-order valence-corrected chi connectivity index (χ2v) is 4.85. The van der Waals surface area contributed by atoms with Gasteiger partial charge in [0.15, 0.2) is 0 Å². The molecule has 0 radical (unpaired) electrons. The van der Waals surface area contributed by atoms with Crippen molar-refractivity contribution >= 4 is 0 Å². The lowest BCUT2D eigenvalue weighted by atomic mass is 9.83. The van der Waals surface area contributed by atoms with Crippen molar-refractivity contribution in [2.75, 3.05) is 13.2 Å². The minimum Gasteiger partial charge on any atom is -0.396 e. The van der Waals surface area contributed by atoms with E-state index in [-0.39, 0.29) is 5.41 Å². The predicted octanol–water partition coefficient (Wildman–Crippen LogP) is 2.74. The maximum Gasteiger partial charge on any atom is 0.0576 e. The summed E-state index contributed by atoms with van der Waals surface area (Å²) in [5.41, 5.74) is 0.138. The average molecular weight is 200 g/mol. The Morgan fingerprint density at radius 2 is 2.29 bits per heavy atom. The van der Waals surface area contributed by atoms with Gasteiger partial charge in [-0.15, -0.1) is 0 Å². The summed E-state index contributed by atoms with van der Waals surface area (Å²) in [6.07, 6.45) is 7.53. The Labute approximate surface area is 87.7 Å². The lowest BCUT2D eigenvalue weighted by Gasteiger charge is -2.25. The SMILES string of the molecule is CCC(C)(CO)CCCC1CCCO1. The summed E-state index contributed by atoms with van der Waals surface area (Å²) in [7, 11) is 0. The molecule has 1 rings (SSSR count). The molecule has 1 aliphatic rings. The fourth-order valence-electron chi connectivity index (χ4n) is 2.00. The van der Waals surface area contributed by atoms with Crippen molar-refractivity contribution in [3.8, 4) is 0 Å². The fraction of sp³-hybridized carbons (Fsp3) is 1.00. The number of aliphatic hydroxyl groups excluding tert-OH is 1. The standard InChI is InChI=1S/C12H24O2/c1-3-12(2,10-13)8-4-6-11-7-5-9-14-11/h11,13H,3-10H2,1-2H3. The number of aliphatic hydroxyl groups is 1. The van der Waals surface area contributed by atoms with Crippen LogP contribution >= 0.6 is 0 Å². The van der Waals surface area contributed by atoms with E-state index in [0.29, 0.717) is 12.7 Å². The molecule has 1 N–H and O–H groups in total. The van der Waals surface area contributed by atoms with E-state index in [2.05, 4.69) is 13.8 Å². The van der Waals surface area contributed by atoms with Crippen LogP contribution in [0.15, 0.2) is 0 Å². The summed E-state index contributed by atoms with van der Waals surface area (Å²) in [5, 5.41) is 9.25. The van der Waals surface area contributed by atoms with Crippen LogP contribution in [0, 0.1) is 5.41 Å². The summed E-state index contributed by atoms with van der Waals surface area (Å²) in [4.78, 5) is 0. The highest BCUT2D eigenvalue weighted by Crippen LogP contribution is 2.28. The third kappa shape index (κ3) is 3.58. The van der Waals surface area contributed by atoms with Crippen LogP contribution in [-0.2, 0) is 4.74 Å². The molecule has 84 valence electrons. The molecule has 2 heteroatoms. The molecule has 0 aromatic heterocycles. The number of hydrogen-bond donors (Lipinski definition) is 1. The van der Waals surface area contributed by atoms with E-state index in [1.165, 1.54) is 25.7 Å². The maximum absolute atomic E-state index is 9.25. The van der Waals surface area contributed by atoms with E-state index in [0.717, 1.165) is 19.4 Å². The highest BCUT2D eigenvalue weighted by Gasteiger charge is 2.22. The molecule has 2 atom stereocenters. The normalized spacial score (nSPS) is 26.4. The van der Waals surface area contributed by atoms with Gasteiger partial charge in [-0.05, 0) is 37.5 Å². The summed E-state index contributed by atoms with van der Waals surface area (Å²) in [5.74, 6) is 0. The van der Waals surface area contributed by atoms with Crippen molar-refractivity contribution in [1.82, 2.24) is 0 Å². The van der Waals surface area contributed by atoms with Gasteiger partial charge in [-0.2, -0.15) is 0 Å². The first-order valence-electron chi connectivity index (χ1n) is 5.92. The van der Waals surface area contributed by atoms with Gasteiger partial charge < -0.3 is 9.84 Å². The van der Waals surface area contributed by atoms with Gasteiger partial charge in [0.25, 0.3) is 0 Å². The van der Waals surface area contributed by atoms with Crippen molar-refractivity contribution < 1.29 is 9.84 Å². The Bertz CT molecular complexity index is 146. The van der Waals surface area contributed by atoms with E-state index in [4.69, 9.17) is 4.74 Å². The average Bonchev–Trinajstić information content (AvgIpc) is 2.70. The Morgan fingerprint density at radius 1 is 1.50 bits per heavy atom. The molecule has 0 aromatic rings. The van der Waals surface area contributed by atoms with E-state index in [9.17, 15) is 5.11 Å². The van der Waals surface area contributed by atoms with Gasteiger partial charge in [0.05, 0.1) is 6.10 Å². The van der Waals surface area contributed by atoms with Crippen molar-refractivity contribution in [3.05, 3.63) is 0 Å². The molecule has 1 aliphatic heterocycles. The zero-order valence-electron chi connectivity index (χ0n) is 9.59. The molecule has 1 fully saturated rings. The van der Waals surface area contributed by atoms with Gasteiger partial charge in [-0.3, -0.25) is 0 Å². The van der Waals surface area contributed by atoms with Crippen molar-refractivity contribution in [3.63, 3.8) is 0 Å². The maximum atomic E-state index is 9.25. The van der Waals surface area contributed by atoms with Crippen LogP contribution in [0.2, 0.25) is 0 Å². The Hall–Kier alpha value is -0.0800. The summed E-state index contributed by atoms with van der Waals surface area (Å²) < 4.78 is 5.57. The van der Waals surface area contributed by atoms with Gasteiger partial charge >= 0.3 is 0 Å². The van der Waals surface area contributed by atoms with Gasteiger partial charge in [-0.1, -0.05) is 20.3 Å². The van der Waals surface area contributed by atoms with Crippen LogP contribution < -0.4 is 0 Å². The Balaban J connectivity index is 2.12. The molecule has 0 bridgehead atoms. The smallest absolute Gasteiger partial charge is 0.0576 e. The van der Waals surface area contributed by atoms with Crippen molar-refractivity contribution in [2.45, 2.75) is 58.5 Å². The first kappa shape index (κ1) is 12.0. The third-order valence-electron chi connectivity index (χ3n) is 3.57. The van der Waals surface area contributed by atoms with E-state index in [1.807, 2.05) is 0 Å². The molecule has 2 nitrogen and oxygen atoms in total. The molecule has 2 unspecified atom stereocenters. The third-order valence-corrected chi connectivity index (χ3v) is 3.57. The largest absolute Gasteiger partial charge is 0.396 e. The van der Waals surface area contributed by atoms with E-state index < -0.39 is 0 Å². The second-order valence-electron chi connectivity index (χ2n) is 4.85. The first-order chi connectivity index (χ1) is 6.70. The summed E-state index contributed by atoms with van der Waals surface area (Å²) in [6, 6.07) is 0.